The van der Waals surface area contributed by atoms with E-state index in [0.717, 1.165) is 14.9 Å². The summed E-state index contributed by atoms with van der Waals surface area (Å²) >= 11 is 4.99. The Morgan fingerprint density at radius 1 is 1.47 bits per heavy atom. The number of nitrogens with one attached hydrogen (secondary N) is 1. The van der Waals surface area contributed by atoms with E-state index >= 15 is 0 Å². The minimum atomic E-state index is -0.105. The fourth-order valence-electron chi connectivity index (χ4n) is 1.82. The quantitative estimate of drug-likeness (QED) is 0.834. The molecule has 19 heavy (non-hydrogen) atoms. The van der Waals surface area contributed by atoms with E-state index in [1.165, 1.54) is 0 Å². The van der Waals surface area contributed by atoms with Crippen molar-refractivity contribution in [3.8, 4) is 0 Å². The Hall–Kier alpha value is -1.33. The van der Waals surface area contributed by atoms with Gasteiger partial charge in [0.15, 0.2) is 0 Å². The minimum absolute atomic E-state index is 0.00731. The Morgan fingerprint density at radius 2 is 2.21 bits per heavy atom. The van der Waals surface area contributed by atoms with Gasteiger partial charge < -0.3 is 11.1 Å². The van der Waals surface area contributed by atoms with Crippen LogP contribution in [0.5, 0.6) is 0 Å². The van der Waals surface area contributed by atoms with Gasteiger partial charge >= 0.3 is 0 Å². The van der Waals surface area contributed by atoms with E-state index in [1.807, 2.05) is 31.4 Å². The molecule has 3 N–H and O–H groups in total. The number of thiophene rings is 1. The largest absolute Gasteiger partial charge is 0.398 e. The van der Waals surface area contributed by atoms with Crippen LogP contribution in [0.1, 0.15) is 33.8 Å². The number of hydrogen-bond acceptors (Lipinski definition) is 3. The fraction of sp³-hybridized carbons (Fsp3) is 0.214. The minimum Gasteiger partial charge on any atom is -0.398 e. The Balaban J connectivity index is 2.21. The number of nitrogen functional groups attached to an aromatic ring is 1. The summed E-state index contributed by atoms with van der Waals surface area (Å²) in [6.45, 7) is 3.83. The number of rotatable bonds is 3. The third kappa shape index (κ3) is 3.16. The average Bonchev–Trinajstić information content (AvgIpc) is 2.87. The maximum absolute atomic E-state index is 12.3. The molecule has 5 heteroatoms. The summed E-state index contributed by atoms with van der Waals surface area (Å²) in [5, 5.41) is 4.99. The first-order valence-electron chi connectivity index (χ1n) is 5.89. The average molecular weight is 339 g/mol. The summed E-state index contributed by atoms with van der Waals surface area (Å²) in [6.07, 6.45) is 0. The molecule has 1 amide bonds. The maximum Gasteiger partial charge on any atom is 0.252 e. The molecule has 0 fully saturated rings. The van der Waals surface area contributed by atoms with E-state index in [-0.39, 0.29) is 11.9 Å². The first kappa shape index (κ1) is 14.1. The summed E-state index contributed by atoms with van der Waals surface area (Å²) in [7, 11) is 0. The zero-order valence-corrected chi connectivity index (χ0v) is 13.1. The van der Waals surface area contributed by atoms with Crippen LogP contribution in [0.25, 0.3) is 0 Å². The van der Waals surface area contributed by atoms with E-state index in [0.29, 0.717) is 11.3 Å². The van der Waals surface area contributed by atoms with E-state index in [9.17, 15) is 4.79 Å². The lowest BCUT2D eigenvalue weighted by Crippen LogP contribution is -2.27. The van der Waals surface area contributed by atoms with Gasteiger partial charge in [0, 0.05) is 20.6 Å². The van der Waals surface area contributed by atoms with Gasteiger partial charge in [-0.3, -0.25) is 4.79 Å². The van der Waals surface area contributed by atoms with Crippen LogP contribution in [-0.4, -0.2) is 5.91 Å². The van der Waals surface area contributed by atoms with E-state index in [1.54, 1.807) is 23.5 Å². The Bertz CT molecular complexity index is 596. The second-order valence-electron chi connectivity index (χ2n) is 4.38. The third-order valence-electron chi connectivity index (χ3n) is 2.97. The molecule has 0 aliphatic rings. The lowest BCUT2D eigenvalue weighted by molar-refractivity contribution is 0.0940. The van der Waals surface area contributed by atoms with Gasteiger partial charge in [-0.15, -0.1) is 11.3 Å². The van der Waals surface area contributed by atoms with Crippen LogP contribution in [0.15, 0.2) is 34.1 Å². The van der Waals surface area contributed by atoms with Gasteiger partial charge in [0.1, 0.15) is 0 Å². The van der Waals surface area contributed by atoms with Gasteiger partial charge in [0.2, 0.25) is 0 Å². The zero-order chi connectivity index (χ0) is 14.0. The lowest BCUT2D eigenvalue weighted by atomic mass is 10.1. The van der Waals surface area contributed by atoms with Crippen molar-refractivity contribution in [3.05, 3.63) is 50.1 Å². The topological polar surface area (TPSA) is 55.1 Å². The molecule has 3 nitrogen and oxygen atoms in total. The van der Waals surface area contributed by atoms with Crippen molar-refractivity contribution in [2.45, 2.75) is 19.9 Å². The monoisotopic (exact) mass is 338 g/mol. The van der Waals surface area contributed by atoms with Crippen molar-refractivity contribution in [2.75, 3.05) is 5.73 Å². The van der Waals surface area contributed by atoms with Crippen molar-refractivity contribution >= 4 is 38.9 Å². The molecular weight excluding hydrogens is 324 g/mol. The Kier molecular flexibility index (Phi) is 4.27. The van der Waals surface area contributed by atoms with Crippen LogP contribution in [0.3, 0.4) is 0 Å². The molecule has 1 heterocycles. The highest BCUT2D eigenvalue weighted by molar-refractivity contribution is 9.10. The number of carbonyl (C=O) groups excluding carboxylic acids is 1. The molecule has 1 unspecified atom stereocenters. The van der Waals surface area contributed by atoms with Crippen LogP contribution >= 0.6 is 27.3 Å². The second kappa shape index (κ2) is 5.75. The number of amides is 1. The summed E-state index contributed by atoms with van der Waals surface area (Å²) in [5.74, 6) is -0.105. The normalized spacial score (nSPS) is 12.2. The molecule has 1 atom stereocenters. The van der Waals surface area contributed by atoms with Crippen molar-refractivity contribution in [1.82, 2.24) is 5.32 Å². The smallest absolute Gasteiger partial charge is 0.252 e. The first-order chi connectivity index (χ1) is 8.99. The van der Waals surface area contributed by atoms with Crippen LogP contribution in [0.2, 0.25) is 0 Å². The molecule has 0 saturated heterocycles. The molecule has 2 aromatic rings. The predicted molar refractivity (Wildman–Crippen MR) is 83.5 cm³/mol. The fourth-order valence-corrected chi connectivity index (χ4v) is 3.03. The number of anilines is 1. The summed E-state index contributed by atoms with van der Waals surface area (Å²) in [6, 6.07) is 7.58. The molecule has 0 bridgehead atoms. The highest BCUT2D eigenvalue weighted by atomic mass is 79.9. The zero-order valence-electron chi connectivity index (χ0n) is 10.7. The Morgan fingerprint density at radius 3 is 2.84 bits per heavy atom. The van der Waals surface area contributed by atoms with Crippen LogP contribution in [-0.2, 0) is 0 Å². The number of carbonyl (C=O) groups is 1. The summed E-state index contributed by atoms with van der Waals surface area (Å²) in [5.41, 5.74) is 7.90. The van der Waals surface area contributed by atoms with E-state index in [4.69, 9.17) is 5.73 Å². The number of benzene rings is 1. The van der Waals surface area contributed by atoms with Crippen LogP contribution in [0.4, 0.5) is 5.69 Å². The van der Waals surface area contributed by atoms with Gasteiger partial charge in [0.25, 0.3) is 5.91 Å². The van der Waals surface area contributed by atoms with E-state index in [2.05, 4.69) is 21.2 Å². The molecule has 1 aromatic heterocycles. The van der Waals surface area contributed by atoms with Crippen LogP contribution in [0, 0.1) is 6.92 Å². The van der Waals surface area contributed by atoms with Crippen molar-refractivity contribution in [3.63, 3.8) is 0 Å². The van der Waals surface area contributed by atoms with E-state index < -0.39 is 0 Å². The van der Waals surface area contributed by atoms with Gasteiger partial charge in [-0.2, -0.15) is 0 Å². The molecule has 0 spiro atoms. The lowest BCUT2D eigenvalue weighted by Gasteiger charge is -2.14. The molecular formula is C14H15BrN2OS. The summed E-state index contributed by atoms with van der Waals surface area (Å²) in [4.78, 5) is 13.4. The third-order valence-corrected chi connectivity index (χ3v) is 4.49. The van der Waals surface area contributed by atoms with Crippen LogP contribution < -0.4 is 11.1 Å². The van der Waals surface area contributed by atoms with Crippen molar-refractivity contribution < 1.29 is 4.79 Å². The van der Waals surface area contributed by atoms with Gasteiger partial charge in [-0.05, 0) is 43.0 Å². The number of halogens is 1. The second-order valence-corrected chi connectivity index (χ2v) is 6.27. The first-order valence-corrected chi connectivity index (χ1v) is 7.56. The SMILES string of the molecule is Cc1c(N)cc(Br)cc1C(=O)NC(C)c1cccs1. The molecule has 2 rings (SSSR count). The molecule has 0 saturated carbocycles. The molecule has 0 aliphatic heterocycles. The molecule has 0 radical (unpaired) electrons. The molecule has 1 aromatic carbocycles. The van der Waals surface area contributed by atoms with Crippen molar-refractivity contribution in [2.24, 2.45) is 0 Å². The Labute approximate surface area is 125 Å². The highest BCUT2D eigenvalue weighted by Crippen LogP contribution is 2.24. The summed E-state index contributed by atoms with van der Waals surface area (Å²) < 4.78 is 0.810. The molecule has 100 valence electrons. The predicted octanol–water partition coefficient (Wildman–Crippen LogP) is 3.89. The standard InChI is InChI=1S/C14H15BrN2OS/c1-8-11(6-10(15)7-12(8)16)14(18)17-9(2)13-4-3-5-19-13/h3-7,9H,16H2,1-2H3,(H,17,18). The van der Waals surface area contributed by atoms with Crippen molar-refractivity contribution in [1.29, 1.82) is 0 Å². The number of hydrogen-bond donors (Lipinski definition) is 2. The van der Waals surface area contributed by atoms with Gasteiger partial charge in [0.05, 0.1) is 6.04 Å². The maximum atomic E-state index is 12.3. The highest BCUT2D eigenvalue weighted by Gasteiger charge is 2.15. The molecule has 0 aliphatic carbocycles. The van der Waals surface area contributed by atoms with Gasteiger partial charge in [-0.1, -0.05) is 22.0 Å². The number of nitrogens with two attached hydrogens (primary N) is 1. The van der Waals surface area contributed by atoms with Gasteiger partial charge in [-0.25, -0.2) is 0 Å².